The molecule has 9 heteroatoms. The molecule has 1 N–H and O–H groups in total. The van der Waals surface area contributed by atoms with Crippen LogP contribution in [0.25, 0.3) is 0 Å². The molecule has 3 rings (SSSR count). The number of nitrogens with zero attached hydrogens (tertiary/aromatic N) is 4. The van der Waals surface area contributed by atoms with Gasteiger partial charge in [-0.1, -0.05) is 12.8 Å². The summed E-state index contributed by atoms with van der Waals surface area (Å²) in [7, 11) is 0. The quantitative estimate of drug-likeness (QED) is 0.802. The van der Waals surface area contributed by atoms with Gasteiger partial charge in [-0.05, 0) is 25.1 Å². The summed E-state index contributed by atoms with van der Waals surface area (Å²) < 4.78 is 39.4. The van der Waals surface area contributed by atoms with Crippen LogP contribution in [0.1, 0.15) is 37.3 Å². The van der Waals surface area contributed by atoms with Crippen molar-refractivity contribution < 1.29 is 13.2 Å². The maximum atomic E-state index is 12.8. The highest BCUT2D eigenvalue weighted by molar-refractivity contribution is 7.80. The Bertz CT molecular complexity index is 535. The highest BCUT2D eigenvalue weighted by Gasteiger charge is 2.39. The second-order valence-electron chi connectivity index (χ2n) is 5.44. The van der Waals surface area contributed by atoms with E-state index >= 15 is 0 Å². The maximum absolute atomic E-state index is 12.8. The van der Waals surface area contributed by atoms with Crippen LogP contribution in [0.3, 0.4) is 0 Å². The van der Waals surface area contributed by atoms with Crippen LogP contribution in [0.4, 0.5) is 13.2 Å². The van der Waals surface area contributed by atoms with Crippen molar-refractivity contribution in [1.29, 1.82) is 0 Å². The van der Waals surface area contributed by atoms with Gasteiger partial charge < -0.3 is 14.8 Å². The minimum Gasteiger partial charge on any atom is -0.360 e. The smallest absolute Gasteiger partial charge is 0.360 e. The second-order valence-corrected chi connectivity index (χ2v) is 5.83. The number of rotatable bonds is 1. The minimum atomic E-state index is -4.46. The van der Waals surface area contributed by atoms with Crippen molar-refractivity contribution in [2.75, 3.05) is 6.54 Å². The first-order chi connectivity index (χ1) is 9.95. The number of aromatic nitrogens is 3. The molecule has 1 aromatic rings. The molecular formula is C12H16F3N5S. The SMILES string of the molecule is FC(F)(F)c1nnc2n1CCN(C(=S)NC1CCCC1)C2. The van der Waals surface area contributed by atoms with Crippen LogP contribution < -0.4 is 5.32 Å². The van der Waals surface area contributed by atoms with Crippen LogP contribution >= 0.6 is 12.2 Å². The van der Waals surface area contributed by atoms with E-state index in [9.17, 15) is 13.2 Å². The molecular weight excluding hydrogens is 303 g/mol. The number of hydrogen-bond donors (Lipinski definition) is 1. The predicted octanol–water partition coefficient (Wildman–Crippen LogP) is 1.93. The van der Waals surface area contributed by atoms with Crippen molar-refractivity contribution in [3.63, 3.8) is 0 Å². The van der Waals surface area contributed by atoms with Crippen LogP contribution in [0.2, 0.25) is 0 Å². The van der Waals surface area contributed by atoms with Gasteiger partial charge in [0.05, 0.1) is 6.54 Å². The molecule has 0 aromatic carbocycles. The molecule has 2 heterocycles. The summed E-state index contributed by atoms with van der Waals surface area (Å²) in [6.07, 6.45) is 0.133. The van der Waals surface area contributed by atoms with Crippen LogP contribution in [0, 0.1) is 0 Å². The number of thiocarbonyl (C=S) groups is 1. The van der Waals surface area contributed by atoms with E-state index in [4.69, 9.17) is 12.2 Å². The summed E-state index contributed by atoms with van der Waals surface area (Å²) >= 11 is 5.36. The van der Waals surface area contributed by atoms with Gasteiger partial charge in [-0.15, -0.1) is 10.2 Å². The molecule has 1 saturated carbocycles. The zero-order valence-electron chi connectivity index (χ0n) is 11.4. The minimum absolute atomic E-state index is 0.198. The molecule has 0 spiro atoms. The summed E-state index contributed by atoms with van der Waals surface area (Å²) in [5.74, 6) is -0.615. The predicted molar refractivity (Wildman–Crippen MR) is 73.4 cm³/mol. The molecule has 1 aliphatic carbocycles. The average molecular weight is 319 g/mol. The van der Waals surface area contributed by atoms with Crippen LogP contribution in [0.5, 0.6) is 0 Å². The molecule has 1 fully saturated rings. The van der Waals surface area contributed by atoms with E-state index in [1.807, 2.05) is 4.90 Å². The highest BCUT2D eigenvalue weighted by Crippen LogP contribution is 2.29. The lowest BCUT2D eigenvalue weighted by molar-refractivity contribution is -0.147. The van der Waals surface area contributed by atoms with Crippen molar-refractivity contribution in [2.45, 2.75) is 51.0 Å². The van der Waals surface area contributed by atoms with Crippen LogP contribution in [0.15, 0.2) is 0 Å². The monoisotopic (exact) mass is 319 g/mol. The Kier molecular flexibility index (Phi) is 3.76. The van der Waals surface area contributed by atoms with Crippen molar-refractivity contribution in [2.24, 2.45) is 0 Å². The van der Waals surface area contributed by atoms with Gasteiger partial charge in [0.25, 0.3) is 0 Å². The van der Waals surface area contributed by atoms with E-state index in [1.165, 1.54) is 12.8 Å². The van der Waals surface area contributed by atoms with E-state index in [0.717, 1.165) is 17.4 Å². The number of fused-ring (bicyclic) bond motifs is 1. The maximum Gasteiger partial charge on any atom is 0.451 e. The number of halogens is 3. The van der Waals surface area contributed by atoms with Crippen LogP contribution in [-0.2, 0) is 19.3 Å². The third kappa shape index (κ3) is 2.97. The first kappa shape index (κ1) is 14.6. The van der Waals surface area contributed by atoms with E-state index in [0.29, 0.717) is 23.5 Å². The summed E-state index contributed by atoms with van der Waals surface area (Å²) in [4.78, 5) is 1.86. The Labute approximate surface area is 125 Å². The fourth-order valence-corrected chi connectivity index (χ4v) is 3.20. The molecule has 0 atom stereocenters. The largest absolute Gasteiger partial charge is 0.451 e. The van der Waals surface area contributed by atoms with Crippen LogP contribution in [-0.4, -0.2) is 37.4 Å². The lowest BCUT2D eigenvalue weighted by Crippen LogP contribution is -2.47. The first-order valence-corrected chi connectivity index (χ1v) is 7.40. The van der Waals surface area contributed by atoms with Crippen molar-refractivity contribution in [1.82, 2.24) is 25.0 Å². The van der Waals surface area contributed by atoms with Crippen molar-refractivity contribution >= 4 is 17.3 Å². The number of hydrogen-bond acceptors (Lipinski definition) is 3. The zero-order chi connectivity index (χ0) is 15.0. The average Bonchev–Trinajstić information content (AvgIpc) is 3.05. The van der Waals surface area contributed by atoms with E-state index in [-0.39, 0.29) is 13.1 Å². The van der Waals surface area contributed by atoms with Gasteiger partial charge in [-0.3, -0.25) is 0 Å². The normalized spacial score (nSPS) is 19.7. The van der Waals surface area contributed by atoms with Gasteiger partial charge >= 0.3 is 6.18 Å². The van der Waals surface area contributed by atoms with E-state index < -0.39 is 12.0 Å². The summed E-state index contributed by atoms with van der Waals surface area (Å²) in [5, 5.41) is 10.8. The molecule has 5 nitrogen and oxygen atoms in total. The Morgan fingerprint density at radius 2 is 1.90 bits per heavy atom. The lowest BCUT2D eigenvalue weighted by atomic mass is 10.2. The van der Waals surface area contributed by atoms with Gasteiger partial charge in [-0.2, -0.15) is 13.2 Å². The topological polar surface area (TPSA) is 46.0 Å². The Hall–Kier alpha value is -1.38. The molecule has 0 saturated heterocycles. The molecule has 0 amide bonds. The molecule has 1 aromatic heterocycles. The molecule has 1 aliphatic heterocycles. The van der Waals surface area contributed by atoms with Gasteiger partial charge in [0.15, 0.2) is 10.9 Å². The summed E-state index contributed by atoms with van der Waals surface area (Å²) in [5.41, 5.74) is 0. The highest BCUT2D eigenvalue weighted by atomic mass is 32.1. The molecule has 0 bridgehead atoms. The first-order valence-electron chi connectivity index (χ1n) is 7.00. The molecule has 0 radical (unpaired) electrons. The Balaban J connectivity index is 1.67. The van der Waals surface area contributed by atoms with Gasteiger partial charge in [0.1, 0.15) is 0 Å². The van der Waals surface area contributed by atoms with Gasteiger partial charge in [-0.25, -0.2) is 0 Å². The molecule has 0 unspecified atom stereocenters. The standard InChI is InChI=1S/C12H16F3N5S/c13-12(14,15)10-18-17-9-7-19(5-6-20(9)10)11(21)16-8-3-1-2-4-8/h8H,1-7H2,(H,16,21). The van der Waals surface area contributed by atoms with Gasteiger partial charge in [0.2, 0.25) is 5.82 Å². The fraction of sp³-hybridized carbons (Fsp3) is 0.750. The van der Waals surface area contributed by atoms with Crippen molar-refractivity contribution in [3.05, 3.63) is 11.6 Å². The van der Waals surface area contributed by atoms with Crippen molar-refractivity contribution in [3.8, 4) is 0 Å². The molecule has 2 aliphatic rings. The Morgan fingerprint density at radius 1 is 1.19 bits per heavy atom. The number of nitrogens with one attached hydrogen (secondary N) is 1. The molecule has 116 valence electrons. The Morgan fingerprint density at radius 3 is 2.57 bits per heavy atom. The number of alkyl halides is 3. The third-order valence-corrected chi connectivity index (χ3v) is 4.35. The lowest BCUT2D eigenvalue weighted by Gasteiger charge is -2.31. The summed E-state index contributed by atoms with van der Waals surface area (Å²) in [6, 6.07) is 0.392. The fourth-order valence-electron chi connectivity index (χ4n) is 2.88. The van der Waals surface area contributed by atoms with E-state index in [1.54, 1.807) is 0 Å². The third-order valence-electron chi connectivity index (χ3n) is 3.98. The van der Waals surface area contributed by atoms with E-state index in [2.05, 4.69) is 15.5 Å². The second kappa shape index (κ2) is 5.43. The van der Waals surface area contributed by atoms with Gasteiger partial charge in [0, 0.05) is 19.1 Å². The molecule has 21 heavy (non-hydrogen) atoms. The zero-order valence-corrected chi connectivity index (χ0v) is 12.2. The summed E-state index contributed by atoms with van der Waals surface area (Å²) in [6.45, 7) is 0.901.